The van der Waals surface area contributed by atoms with Crippen molar-refractivity contribution in [3.8, 4) is 0 Å². The third-order valence-corrected chi connectivity index (χ3v) is 7.69. The third-order valence-electron chi connectivity index (χ3n) is 7.69. The molecule has 28 heavy (non-hydrogen) atoms. The van der Waals surface area contributed by atoms with Crippen LogP contribution in [0.3, 0.4) is 0 Å². The largest absolute Gasteiger partial charge is 0.481 e. The molecule has 1 heterocycles. The van der Waals surface area contributed by atoms with Crippen LogP contribution < -0.4 is 0 Å². The fourth-order valence-electron chi connectivity index (χ4n) is 5.96. The average Bonchev–Trinajstić information content (AvgIpc) is 3.04. The van der Waals surface area contributed by atoms with Crippen LogP contribution in [0.1, 0.15) is 50.3 Å². The van der Waals surface area contributed by atoms with Gasteiger partial charge >= 0.3 is 5.97 Å². The second-order valence-corrected chi connectivity index (χ2v) is 9.02. The lowest BCUT2D eigenvalue weighted by molar-refractivity contribution is -0.174. The maximum Gasteiger partial charge on any atom is 0.312 e. The summed E-state index contributed by atoms with van der Waals surface area (Å²) >= 11 is 0. The van der Waals surface area contributed by atoms with Gasteiger partial charge in [0.1, 0.15) is 0 Å². The number of carbonyl (C=O) groups is 1. The molecule has 5 heteroatoms. The van der Waals surface area contributed by atoms with Crippen molar-refractivity contribution in [3.63, 3.8) is 0 Å². The summed E-state index contributed by atoms with van der Waals surface area (Å²) in [6.07, 6.45) is -0.164. The highest BCUT2D eigenvalue weighted by Gasteiger charge is 2.60. The zero-order valence-corrected chi connectivity index (χ0v) is 16.1. The van der Waals surface area contributed by atoms with E-state index in [0.29, 0.717) is 19.3 Å². The van der Waals surface area contributed by atoms with E-state index in [9.17, 15) is 20.1 Å². The standard InChI is InChI=1S/C23H25NO4/c1-22-8-7-20(26)23(2,21(27)28)19(22)11-18(25)14-10-17-13(9-15(14)22)12-5-3-4-6-16(12)24-17/h3-6,9-10,18-20,24-26H,7-8,11H2,1-2H3,(H,27,28)/t18-,19+,20-,22-,23-/m0/s1. The molecule has 2 aliphatic carbocycles. The minimum Gasteiger partial charge on any atom is -0.481 e. The highest BCUT2D eigenvalue weighted by molar-refractivity contribution is 6.07. The second-order valence-electron chi connectivity index (χ2n) is 9.02. The summed E-state index contributed by atoms with van der Waals surface area (Å²) in [6.45, 7) is 3.75. The number of H-pyrrole nitrogens is 1. The van der Waals surface area contributed by atoms with Gasteiger partial charge in [-0.15, -0.1) is 0 Å². The number of benzene rings is 2. The Morgan fingerprint density at radius 3 is 2.61 bits per heavy atom. The number of aromatic nitrogens is 1. The van der Waals surface area contributed by atoms with Crippen molar-refractivity contribution >= 4 is 27.8 Å². The van der Waals surface area contributed by atoms with E-state index in [1.165, 1.54) is 0 Å². The van der Waals surface area contributed by atoms with Crippen molar-refractivity contribution in [2.24, 2.45) is 11.3 Å². The molecule has 2 aliphatic rings. The van der Waals surface area contributed by atoms with Crippen molar-refractivity contribution in [2.75, 3.05) is 0 Å². The van der Waals surface area contributed by atoms with Crippen LogP contribution in [-0.4, -0.2) is 32.4 Å². The van der Waals surface area contributed by atoms with Crippen LogP contribution in [0.25, 0.3) is 21.8 Å². The van der Waals surface area contributed by atoms with Crippen molar-refractivity contribution in [1.82, 2.24) is 4.98 Å². The predicted octanol–water partition coefficient (Wildman–Crippen LogP) is 3.88. The first-order valence-electron chi connectivity index (χ1n) is 9.91. The first-order chi connectivity index (χ1) is 13.3. The Labute approximate surface area is 163 Å². The van der Waals surface area contributed by atoms with Crippen LogP contribution in [0.5, 0.6) is 0 Å². The van der Waals surface area contributed by atoms with E-state index in [-0.39, 0.29) is 5.92 Å². The lowest BCUT2D eigenvalue weighted by Gasteiger charge is -2.56. The Balaban J connectivity index is 1.78. The number of aliphatic hydroxyl groups is 2. The van der Waals surface area contributed by atoms with Crippen molar-refractivity contribution < 1.29 is 20.1 Å². The van der Waals surface area contributed by atoms with Crippen LogP contribution in [0.4, 0.5) is 0 Å². The fourth-order valence-corrected chi connectivity index (χ4v) is 5.96. The zero-order chi connectivity index (χ0) is 19.8. The van der Waals surface area contributed by atoms with Gasteiger partial charge in [0.2, 0.25) is 0 Å². The van der Waals surface area contributed by atoms with Crippen LogP contribution in [0.15, 0.2) is 36.4 Å². The molecule has 0 unspecified atom stereocenters. The Morgan fingerprint density at radius 2 is 1.86 bits per heavy atom. The SMILES string of the molecule is C[C@@]1(C(=O)O)[C@@H](O)CC[C@@]2(C)c3cc4c(cc3[C@@H](O)C[C@@H]12)[nH]c1ccccc14. The Morgan fingerprint density at radius 1 is 1.11 bits per heavy atom. The molecular formula is C23H25NO4. The molecule has 5 nitrogen and oxygen atoms in total. The maximum absolute atomic E-state index is 12.2. The Hall–Kier alpha value is -2.37. The summed E-state index contributed by atoms with van der Waals surface area (Å²) in [5.41, 5.74) is 2.24. The average molecular weight is 379 g/mol. The number of hydrogen-bond acceptors (Lipinski definition) is 3. The maximum atomic E-state index is 12.2. The Bertz CT molecular complexity index is 1120. The van der Waals surface area contributed by atoms with Gasteiger partial charge in [0, 0.05) is 21.8 Å². The first-order valence-corrected chi connectivity index (χ1v) is 9.91. The van der Waals surface area contributed by atoms with Gasteiger partial charge in [0.05, 0.1) is 17.6 Å². The number of aliphatic carboxylic acids is 1. The highest BCUT2D eigenvalue weighted by Crippen LogP contribution is 2.59. The van der Waals surface area contributed by atoms with Crippen LogP contribution >= 0.6 is 0 Å². The summed E-state index contributed by atoms with van der Waals surface area (Å²) in [4.78, 5) is 15.6. The van der Waals surface area contributed by atoms with Gasteiger partial charge in [-0.3, -0.25) is 4.79 Å². The van der Waals surface area contributed by atoms with Gasteiger partial charge < -0.3 is 20.3 Å². The van der Waals surface area contributed by atoms with E-state index < -0.39 is 29.0 Å². The molecule has 1 fully saturated rings. The predicted molar refractivity (Wildman–Crippen MR) is 107 cm³/mol. The monoisotopic (exact) mass is 379 g/mol. The summed E-state index contributed by atoms with van der Waals surface area (Å²) < 4.78 is 0. The molecule has 0 saturated heterocycles. The van der Waals surface area contributed by atoms with Gasteiger partial charge in [-0.05, 0) is 66.8 Å². The quantitative estimate of drug-likeness (QED) is 0.516. The number of aliphatic hydroxyl groups excluding tert-OH is 2. The van der Waals surface area contributed by atoms with E-state index in [1.807, 2.05) is 24.3 Å². The number of rotatable bonds is 1. The molecule has 4 N–H and O–H groups in total. The van der Waals surface area contributed by atoms with E-state index in [1.54, 1.807) is 6.92 Å². The number of carboxylic acid groups (broad SMARTS) is 1. The molecule has 146 valence electrons. The van der Waals surface area contributed by atoms with Crippen LogP contribution in [0.2, 0.25) is 0 Å². The van der Waals surface area contributed by atoms with E-state index in [0.717, 1.165) is 32.9 Å². The second kappa shape index (κ2) is 5.58. The molecule has 1 aromatic heterocycles. The van der Waals surface area contributed by atoms with Gasteiger partial charge in [0.25, 0.3) is 0 Å². The Kier molecular flexibility index (Phi) is 3.53. The molecule has 0 amide bonds. The molecule has 0 spiro atoms. The number of fused-ring (bicyclic) bond motifs is 6. The van der Waals surface area contributed by atoms with Gasteiger partial charge in [-0.25, -0.2) is 0 Å². The molecule has 5 atom stereocenters. The molecule has 3 aromatic rings. The summed E-state index contributed by atoms with van der Waals surface area (Å²) in [7, 11) is 0. The van der Waals surface area contributed by atoms with E-state index >= 15 is 0 Å². The number of hydrogen-bond donors (Lipinski definition) is 4. The van der Waals surface area contributed by atoms with Gasteiger partial charge in [0.15, 0.2) is 0 Å². The number of aromatic amines is 1. The van der Waals surface area contributed by atoms with Crippen LogP contribution in [-0.2, 0) is 10.2 Å². The van der Waals surface area contributed by atoms with E-state index in [2.05, 4.69) is 24.0 Å². The molecule has 5 rings (SSSR count). The number of nitrogens with one attached hydrogen (secondary N) is 1. The summed E-state index contributed by atoms with van der Waals surface area (Å²) in [6, 6.07) is 12.3. The van der Waals surface area contributed by atoms with Crippen molar-refractivity contribution in [2.45, 2.75) is 50.7 Å². The topological polar surface area (TPSA) is 93.6 Å². The minimum atomic E-state index is -1.28. The van der Waals surface area contributed by atoms with Crippen molar-refractivity contribution in [1.29, 1.82) is 0 Å². The normalized spacial score (nSPS) is 34.9. The molecular weight excluding hydrogens is 354 g/mol. The molecule has 0 aliphatic heterocycles. The minimum absolute atomic E-state index is 0.341. The van der Waals surface area contributed by atoms with E-state index in [4.69, 9.17) is 0 Å². The third kappa shape index (κ3) is 2.06. The number of carboxylic acids is 1. The fraction of sp³-hybridized carbons (Fsp3) is 0.435. The number of para-hydroxylation sites is 1. The van der Waals surface area contributed by atoms with Crippen molar-refractivity contribution in [3.05, 3.63) is 47.5 Å². The molecule has 2 aromatic carbocycles. The lowest BCUT2D eigenvalue weighted by Crippen LogP contribution is -2.59. The summed E-state index contributed by atoms with van der Waals surface area (Å²) in [5.74, 6) is -1.33. The molecule has 0 bridgehead atoms. The van der Waals surface area contributed by atoms with Gasteiger partial charge in [-0.2, -0.15) is 0 Å². The molecule has 1 saturated carbocycles. The van der Waals surface area contributed by atoms with Gasteiger partial charge in [-0.1, -0.05) is 25.1 Å². The molecule has 0 radical (unpaired) electrons. The smallest absolute Gasteiger partial charge is 0.312 e. The highest BCUT2D eigenvalue weighted by atomic mass is 16.4. The lowest BCUT2D eigenvalue weighted by atomic mass is 9.48. The zero-order valence-electron chi connectivity index (χ0n) is 16.1. The van der Waals surface area contributed by atoms with Crippen LogP contribution in [0, 0.1) is 11.3 Å². The summed E-state index contributed by atoms with van der Waals surface area (Å²) in [5, 5.41) is 33.8. The first kappa shape index (κ1) is 17.7.